The summed E-state index contributed by atoms with van der Waals surface area (Å²) in [5, 5.41) is 18.3. The van der Waals surface area contributed by atoms with E-state index in [4.69, 9.17) is 5.11 Å². The number of carboxylic acid groups (broad SMARTS) is 1. The van der Waals surface area contributed by atoms with Crippen LogP contribution in [0.3, 0.4) is 0 Å². The Hall–Kier alpha value is -0.900. The summed E-state index contributed by atoms with van der Waals surface area (Å²) in [7, 11) is 0. The van der Waals surface area contributed by atoms with Crippen molar-refractivity contribution in [3.8, 4) is 0 Å². The molecule has 3 aliphatic rings. The van der Waals surface area contributed by atoms with Crippen LogP contribution >= 0.6 is 0 Å². The van der Waals surface area contributed by atoms with E-state index in [1.54, 1.807) is 0 Å². The van der Waals surface area contributed by atoms with Crippen molar-refractivity contribution in [3.05, 3.63) is 0 Å². The Morgan fingerprint density at radius 1 is 1.38 bits per heavy atom. The number of ketones is 1. The second kappa shape index (κ2) is 2.80. The molecule has 0 saturated heterocycles. The van der Waals surface area contributed by atoms with Crippen LogP contribution in [0.5, 0.6) is 0 Å². The van der Waals surface area contributed by atoms with Crippen molar-refractivity contribution in [1.82, 2.24) is 0 Å². The van der Waals surface area contributed by atoms with Crippen molar-refractivity contribution in [1.29, 1.82) is 0 Å². The predicted octanol–water partition coefficient (Wildman–Crippen LogP) is 0.0471. The first kappa shape index (κ1) is 8.69. The van der Waals surface area contributed by atoms with Crippen molar-refractivity contribution in [2.75, 3.05) is 0 Å². The smallest absolute Gasteiger partial charge is 0.307 e. The predicted molar refractivity (Wildman–Crippen MR) is 43.0 cm³/mol. The number of fused-ring (bicyclic) bond motifs is 3. The molecule has 0 aromatic heterocycles. The van der Waals surface area contributed by atoms with E-state index in [-0.39, 0.29) is 11.7 Å². The molecule has 0 amide bonds. The molecule has 0 aromatic carbocycles. The lowest BCUT2D eigenvalue weighted by Crippen LogP contribution is -2.48. The maximum atomic E-state index is 11.3. The number of carboxylic acids is 1. The van der Waals surface area contributed by atoms with Crippen LogP contribution in [0.1, 0.15) is 19.3 Å². The van der Waals surface area contributed by atoms with E-state index in [1.807, 2.05) is 0 Å². The van der Waals surface area contributed by atoms with Gasteiger partial charge in [-0.3, -0.25) is 9.59 Å². The normalized spacial score (nSPS) is 43.6. The number of aliphatic hydroxyl groups is 1. The first-order valence-electron chi connectivity index (χ1n) is 4.53. The Labute approximate surface area is 75.6 Å². The largest absolute Gasteiger partial charge is 0.481 e. The van der Waals surface area contributed by atoms with Crippen LogP contribution in [-0.4, -0.2) is 28.1 Å². The average Bonchev–Trinajstić information content (AvgIpc) is 2.06. The first-order chi connectivity index (χ1) is 6.09. The minimum Gasteiger partial charge on any atom is -0.481 e. The fourth-order valence-corrected chi connectivity index (χ4v) is 2.52. The van der Waals surface area contributed by atoms with Crippen molar-refractivity contribution >= 4 is 11.8 Å². The molecule has 0 aliphatic heterocycles. The molecular weight excluding hydrogens is 172 g/mol. The number of hydrogen-bond acceptors (Lipinski definition) is 3. The van der Waals surface area contributed by atoms with E-state index < -0.39 is 23.9 Å². The van der Waals surface area contributed by atoms with Crippen molar-refractivity contribution < 1.29 is 19.8 Å². The van der Waals surface area contributed by atoms with E-state index >= 15 is 0 Å². The molecule has 13 heavy (non-hydrogen) atoms. The van der Waals surface area contributed by atoms with E-state index in [1.165, 1.54) is 0 Å². The topological polar surface area (TPSA) is 74.6 Å². The fraction of sp³-hybridized carbons (Fsp3) is 0.778. The van der Waals surface area contributed by atoms with Crippen LogP contribution in [0, 0.1) is 17.8 Å². The number of carbonyl (C=O) groups excluding carboxylic acids is 1. The zero-order valence-corrected chi connectivity index (χ0v) is 7.14. The molecule has 3 saturated carbocycles. The summed E-state index contributed by atoms with van der Waals surface area (Å²) in [5.41, 5.74) is 0. The van der Waals surface area contributed by atoms with Crippen LogP contribution in [-0.2, 0) is 9.59 Å². The molecule has 0 radical (unpaired) electrons. The SMILES string of the molecule is O=C(O)C1CC2CC(=O)C1CC2O. The summed E-state index contributed by atoms with van der Waals surface area (Å²) in [6.45, 7) is 0. The number of aliphatic carboxylic acids is 1. The molecule has 3 fully saturated rings. The fourth-order valence-electron chi connectivity index (χ4n) is 2.52. The van der Waals surface area contributed by atoms with Gasteiger partial charge in [0.25, 0.3) is 0 Å². The summed E-state index contributed by atoms with van der Waals surface area (Å²) in [6, 6.07) is 0. The Bertz CT molecular complexity index is 260. The highest BCUT2D eigenvalue weighted by atomic mass is 16.4. The molecule has 0 heterocycles. The number of carbonyl (C=O) groups is 2. The molecule has 2 N–H and O–H groups in total. The number of rotatable bonds is 1. The number of aliphatic hydroxyl groups excluding tert-OH is 1. The van der Waals surface area contributed by atoms with Gasteiger partial charge in [-0.25, -0.2) is 0 Å². The molecule has 3 aliphatic carbocycles. The van der Waals surface area contributed by atoms with Crippen LogP contribution in [0.2, 0.25) is 0 Å². The van der Waals surface area contributed by atoms with E-state index in [9.17, 15) is 14.7 Å². The highest BCUT2D eigenvalue weighted by Crippen LogP contribution is 2.43. The zero-order valence-electron chi connectivity index (χ0n) is 7.14. The van der Waals surface area contributed by atoms with Gasteiger partial charge in [-0.1, -0.05) is 0 Å². The second-order valence-corrected chi connectivity index (χ2v) is 4.02. The van der Waals surface area contributed by atoms with Gasteiger partial charge in [0.15, 0.2) is 0 Å². The molecule has 3 rings (SSSR count). The maximum absolute atomic E-state index is 11.3. The third-order valence-electron chi connectivity index (χ3n) is 3.28. The summed E-state index contributed by atoms with van der Waals surface area (Å²) in [5.74, 6) is -1.96. The Morgan fingerprint density at radius 2 is 2.08 bits per heavy atom. The highest BCUT2D eigenvalue weighted by molar-refractivity contribution is 5.88. The molecule has 0 spiro atoms. The second-order valence-electron chi connectivity index (χ2n) is 4.02. The van der Waals surface area contributed by atoms with Gasteiger partial charge < -0.3 is 10.2 Å². The van der Waals surface area contributed by atoms with Gasteiger partial charge in [-0.2, -0.15) is 0 Å². The molecule has 0 aromatic rings. The van der Waals surface area contributed by atoms with Crippen molar-refractivity contribution in [3.63, 3.8) is 0 Å². The number of hydrogen-bond donors (Lipinski definition) is 2. The molecule has 4 unspecified atom stereocenters. The van der Waals surface area contributed by atoms with Crippen molar-refractivity contribution in [2.45, 2.75) is 25.4 Å². The van der Waals surface area contributed by atoms with Gasteiger partial charge in [-0.15, -0.1) is 0 Å². The van der Waals surface area contributed by atoms with Crippen LogP contribution in [0.15, 0.2) is 0 Å². The van der Waals surface area contributed by atoms with E-state index in [0.29, 0.717) is 19.3 Å². The first-order valence-corrected chi connectivity index (χ1v) is 4.53. The summed E-state index contributed by atoms with van der Waals surface area (Å²) in [4.78, 5) is 22.1. The lowest BCUT2D eigenvalue weighted by molar-refractivity contribution is -0.158. The van der Waals surface area contributed by atoms with E-state index in [0.717, 1.165) is 0 Å². The molecule has 4 nitrogen and oxygen atoms in total. The molecule has 4 heteroatoms. The molecule has 2 bridgehead atoms. The van der Waals surface area contributed by atoms with Gasteiger partial charge in [0.2, 0.25) is 0 Å². The van der Waals surface area contributed by atoms with Crippen LogP contribution < -0.4 is 0 Å². The summed E-state index contributed by atoms with van der Waals surface area (Å²) in [6.07, 6.45) is 0.724. The van der Waals surface area contributed by atoms with Gasteiger partial charge in [-0.05, 0) is 18.8 Å². The average molecular weight is 184 g/mol. The summed E-state index contributed by atoms with van der Waals surface area (Å²) >= 11 is 0. The third kappa shape index (κ3) is 1.25. The van der Waals surface area contributed by atoms with E-state index in [2.05, 4.69) is 0 Å². The Balaban J connectivity index is 2.21. The highest BCUT2D eigenvalue weighted by Gasteiger charge is 2.48. The van der Waals surface area contributed by atoms with Crippen LogP contribution in [0.4, 0.5) is 0 Å². The van der Waals surface area contributed by atoms with Gasteiger partial charge in [0.05, 0.1) is 12.0 Å². The Kier molecular flexibility index (Phi) is 1.87. The minimum atomic E-state index is -0.894. The standard InChI is InChI=1S/C9H12O4/c10-7-3-5-6(9(12)13)1-4(7)2-8(5)11/h4-7,10H,1-3H2,(H,12,13). The quantitative estimate of drug-likeness (QED) is 0.603. The molecule has 72 valence electrons. The van der Waals surface area contributed by atoms with Crippen LogP contribution in [0.25, 0.3) is 0 Å². The summed E-state index contributed by atoms with van der Waals surface area (Å²) < 4.78 is 0. The van der Waals surface area contributed by atoms with Gasteiger partial charge in [0, 0.05) is 12.3 Å². The third-order valence-corrected chi connectivity index (χ3v) is 3.28. The number of Topliss-reactive ketones (excluding diaryl/α,β-unsaturated/α-hetero) is 1. The van der Waals surface area contributed by atoms with Gasteiger partial charge in [0.1, 0.15) is 5.78 Å². The van der Waals surface area contributed by atoms with Crippen molar-refractivity contribution in [2.24, 2.45) is 17.8 Å². The lowest BCUT2D eigenvalue weighted by Gasteiger charge is -2.42. The molecule has 4 atom stereocenters. The van der Waals surface area contributed by atoms with Gasteiger partial charge >= 0.3 is 5.97 Å². The zero-order chi connectivity index (χ0) is 9.59. The molecular formula is C9H12O4. The maximum Gasteiger partial charge on any atom is 0.307 e. The minimum absolute atomic E-state index is 0.0222. The monoisotopic (exact) mass is 184 g/mol. The Morgan fingerprint density at radius 3 is 2.62 bits per heavy atom. The lowest BCUT2D eigenvalue weighted by atomic mass is 9.62.